The van der Waals surface area contributed by atoms with E-state index in [-0.39, 0.29) is 5.91 Å². The summed E-state index contributed by atoms with van der Waals surface area (Å²) in [5.74, 6) is 0.794. The Bertz CT molecular complexity index is 1280. The Morgan fingerprint density at radius 1 is 0.969 bits per heavy atom. The molecule has 0 aliphatic heterocycles. The molecule has 0 unspecified atom stereocenters. The van der Waals surface area contributed by atoms with Gasteiger partial charge in [-0.15, -0.1) is 0 Å². The van der Waals surface area contributed by atoms with Crippen LogP contribution in [0.2, 0.25) is 5.02 Å². The van der Waals surface area contributed by atoms with Crippen molar-refractivity contribution in [2.75, 3.05) is 6.54 Å². The topological polar surface area (TPSA) is 46.9 Å². The summed E-state index contributed by atoms with van der Waals surface area (Å²) in [5.41, 5.74) is 9.17. The highest BCUT2D eigenvalue weighted by Gasteiger charge is 2.16. The van der Waals surface area contributed by atoms with Crippen molar-refractivity contribution in [3.63, 3.8) is 0 Å². The Labute approximate surface area is 194 Å². The average Bonchev–Trinajstić information content (AvgIpc) is 3.12. The van der Waals surface area contributed by atoms with Crippen LogP contribution in [0.4, 0.5) is 0 Å². The van der Waals surface area contributed by atoms with E-state index in [0.717, 1.165) is 23.4 Å². The van der Waals surface area contributed by atoms with Crippen molar-refractivity contribution in [3.8, 4) is 0 Å². The molecule has 5 heteroatoms. The van der Waals surface area contributed by atoms with E-state index in [9.17, 15) is 4.79 Å². The molecule has 0 aliphatic carbocycles. The molecule has 1 amide bonds. The van der Waals surface area contributed by atoms with Gasteiger partial charge in [-0.3, -0.25) is 4.79 Å². The van der Waals surface area contributed by atoms with Gasteiger partial charge in [-0.2, -0.15) is 0 Å². The number of aromatic nitrogens is 2. The predicted octanol–water partition coefficient (Wildman–Crippen LogP) is 5.94. The molecule has 0 saturated heterocycles. The third kappa shape index (κ3) is 4.28. The number of nitrogens with zero attached hydrogens (tertiary/aromatic N) is 2. The highest BCUT2D eigenvalue weighted by molar-refractivity contribution is 6.33. The minimum atomic E-state index is -0.167. The van der Waals surface area contributed by atoms with E-state index in [1.54, 1.807) is 12.1 Å². The van der Waals surface area contributed by atoms with Crippen LogP contribution in [0.25, 0.3) is 11.0 Å². The van der Waals surface area contributed by atoms with Gasteiger partial charge in [0.2, 0.25) is 0 Å². The number of fused-ring (bicyclic) bond motifs is 1. The van der Waals surface area contributed by atoms with Crippen LogP contribution in [-0.4, -0.2) is 22.0 Å². The van der Waals surface area contributed by atoms with Gasteiger partial charge >= 0.3 is 0 Å². The number of benzene rings is 3. The summed E-state index contributed by atoms with van der Waals surface area (Å²) in [6.45, 7) is 9.97. The fourth-order valence-corrected chi connectivity index (χ4v) is 4.44. The number of imidazole rings is 1. The first-order chi connectivity index (χ1) is 15.4. The Balaban J connectivity index is 1.62. The lowest BCUT2D eigenvalue weighted by molar-refractivity contribution is 0.0954. The summed E-state index contributed by atoms with van der Waals surface area (Å²) in [6.07, 6.45) is 0.633. The molecule has 3 aromatic carbocycles. The largest absolute Gasteiger partial charge is 0.352 e. The molecule has 0 fully saturated rings. The molecule has 1 N–H and O–H groups in total. The maximum atomic E-state index is 12.5. The Morgan fingerprint density at radius 3 is 2.34 bits per heavy atom. The van der Waals surface area contributed by atoms with Crippen LogP contribution < -0.4 is 5.32 Å². The van der Waals surface area contributed by atoms with Crippen molar-refractivity contribution in [2.45, 2.75) is 40.7 Å². The SMILES string of the molecule is Cc1cc(C)c(C)c(Cn2c(CCNC(=O)c3ccccc3Cl)nc3ccccc32)c1C. The number of nitrogens with one attached hydrogen (secondary N) is 1. The van der Waals surface area contributed by atoms with Crippen molar-refractivity contribution < 1.29 is 4.79 Å². The van der Waals surface area contributed by atoms with Crippen LogP contribution in [0.5, 0.6) is 0 Å². The molecule has 0 atom stereocenters. The minimum absolute atomic E-state index is 0.167. The summed E-state index contributed by atoms with van der Waals surface area (Å²) in [7, 11) is 0. The first-order valence-electron chi connectivity index (χ1n) is 10.9. The number of halogens is 1. The molecule has 1 heterocycles. The third-order valence-electron chi connectivity index (χ3n) is 6.32. The van der Waals surface area contributed by atoms with E-state index < -0.39 is 0 Å². The quantitative estimate of drug-likeness (QED) is 0.399. The maximum absolute atomic E-state index is 12.5. The predicted molar refractivity (Wildman–Crippen MR) is 132 cm³/mol. The second-order valence-corrected chi connectivity index (χ2v) is 8.73. The smallest absolute Gasteiger partial charge is 0.252 e. The molecule has 0 bridgehead atoms. The molecular formula is C27H28ClN3O. The van der Waals surface area contributed by atoms with Gasteiger partial charge in [0.05, 0.1) is 21.6 Å². The number of carbonyl (C=O) groups excluding carboxylic acids is 1. The van der Waals surface area contributed by atoms with Gasteiger partial charge in [-0.05, 0) is 79.8 Å². The van der Waals surface area contributed by atoms with Crippen LogP contribution in [0, 0.1) is 27.7 Å². The fourth-order valence-electron chi connectivity index (χ4n) is 4.21. The van der Waals surface area contributed by atoms with Gasteiger partial charge in [0, 0.05) is 19.5 Å². The number of hydrogen-bond donors (Lipinski definition) is 1. The first kappa shape index (κ1) is 22.1. The summed E-state index contributed by atoms with van der Waals surface area (Å²) in [6, 6.07) is 17.6. The van der Waals surface area contributed by atoms with Crippen LogP contribution in [-0.2, 0) is 13.0 Å². The lowest BCUT2D eigenvalue weighted by Crippen LogP contribution is -2.26. The average molecular weight is 446 g/mol. The summed E-state index contributed by atoms with van der Waals surface area (Å²) in [4.78, 5) is 17.4. The molecule has 4 rings (SSSR count). The van der Waals surface area contributed by atoms with Gasteiger partial charge in [0.1, 0.15) is 5.82 Å². The lowest BCUT2D eigenvalue weighted by atomic mass is 9.94. The van der Waals surface area contributed by atoms with Crippen molar-refractivity contribution in [2.24, 2.45) is 0 Å². The van der Waals surface area contributed by atoms with Gasteiger partial charge in [0.25, 0.3) is 5.91 Å². The molecule has 0 aliphatic rings. The van der Waals surface area contributed by atoms with E-state index in [0.29, 0.717) is 23.6 Å². The third-order valence-corrected chi connectivity index (χ3v) is 6.65. The van der Waals surface area contributed by atoms with Crippen molar-refractivity contribution in [1.82, 2.24) is 14.9 Å². The number of hydrogen-bond acceptors (Lipinski definition) is 2. The van der Waals surface area contributed by atoms with E-state index in [4.69, 9.17) is 16.6 Å². The second kappa shape index (κ2) is 9.17. The van der Waals surface area contributed by atoms with E-state index in [1.807, 2.05) is 30.3 Å². The molecule has 32 heavy (non-hydrogen) atoms. The molecule has 4 aromatic rings. The maximum Gasteiger partial charge on any atom is 0.252 e. The van der Waals surface area contributed by atoms with Crippen LogP contribution in [0.1, 0.15) is 44.0 Å². The van der Waals surface area contributed by atoms with Crippen molar-refractivity contribution in [3.05, 3.63) is 98.8 Å². The zero-order valence-electron chi connectivity index (χ0n) is 19.0. The summed E-state index contributed by atoms with van der Waals surface area (Å²) < 4.78 is 2.28. The van der Waals surface area contributed by atoms with E-state index in [2.05, 4.69) is 49.7 Å². The first-order valence-corrected chi connectivity index (χ1v) is 11.3. The van der Waals surface area contributed by atoms with Gasteiger partial charge in [0.15, 0.2) is 0 Å². The zero-order valence-corrected chi connectivity index (χ0v) is 19.8. The molecule has 0 spiro atoms. The summed E-state index contributed by atoms with van der Waals surface area (Å²) in [5, 5.41) is 3.44. The zero-order chi connectivity index (χ0) is 22.8. The van der Waals surface area contributed by atoms with Gasteiger partial charge in [-0.25, -0.2) is 4.98 Å². The van der Waals surface area contributed by atoms with Crippen LogP contribution in [0.15, 0.2) is 54.6 Å². The molecule has 0 radical (unpaired) electrons. The molecule has 4 nitrogen and oxygen atoms in total. The molecule has 164 valence electrons. The highest BCUT2D eigenvalue weighted by atomic mass is 35.5. The number of carbonyl (C=O) groups is 1. The number of amides is 1. The van der Waals surface area contributed by atoms with Crippen molar-refractivity contribution >= 4 is 28.5 Å². The number of aryl methyl sites for hydroxylation is 2. The summed E-state index contributed by atoms with van der Waals surface area (Å²) >= 11 is 6.16. The number of rotatable bonds is 6. The van der Waals surface area contributed by atoms with Crippen LogP contribution >= 0.6 is 11.6 Å². The van der Waals surface area contributed by atoms with Gasteiger partial charge < -0.3 is 9.88 Å². The highest BCUT2D eigenvalue weighted by Crippen LogP contribution is 2.25. The molecule has 0 saturated carbocycles. The van der Waals surface area contributed by atoms with E-state index >= 15 is 0 Å². The normalized spacial score (nSPS) is 11.2. The fraction of sp³-hybridized carbons (Fsp3) is 0.259. The minimum Gasteiger partial charge on any atom is -0.352 e. The van der Waals surface area contributed by atoms with Gasteiger partial charge in [-0.1, -0.05) is 41.9 Å². The molecule has 1 aromatic heterocycles. The van der Waals surface area contributed by atoms with Crippen molar-refractivity contribution in [1.29, 1.82) is 0 Å². The molecular weight excluding hydrogens is 418 g/mol. The Morgan fingerprint density at radius 2 is 1.62 bits per heavy atom. The number of para-hydroxylation sites is 2. The lowest BCUT2D eigenvalue weighted by Gasteiger charge is -2.18. The standard InChI is InChI=1S/C27H28ClN3O/c1-17-15-18(2)20(4)22(19(17)3)16-31-25-12-8-7-11-24(25)30-26(31)13-14-29-27(32)21-9-5-6-10-23(21)28/h5-12,15H,13-14,16H2,1-4H3,(H,29,32). The Kier molecular flexibility index (Phi) is 6.33. The van der Waals surface area contributed by atoms with Crippen LogP contribution in [0.3, 0.4) is 0 Å². The monoisotopic (exact) mass is 445 g/mol. The Hall–Kier alpha value is -3.11. The van der Waals surface area contributed by atoms with E-state index in [1.165, 1.54) is 27.8 Å². The second-order valence-electron chi connectivity index (χ2n) is 8.33.